The average Bonchev–Trinajstić information content (AvgIpc) is 2.87. The predicted octanol–water partition coefficient (Wildman–Crippen LogP) is 5.69. The van der Waals surface area contributed by atoms with Gasteiger partial charge in [0.15, 0.2) is 5.43 Å². The molecule has 8 nitrogen and oxygen atoms in total. The highest BCUT2D eigenvalue weighted by atomic mass is 16.6. The van der Waals surface area contributed by atoms with E-state index in [-0.39, 0.29) is 30.1 Å². The fraction of sp³-hybridized carbons (Fsp3) is 0.333. The number of non-ortho nitro benzene ring substituents is 1. The zero-order chi connectivity index (χ0) is 24.5. The second kappa shape index (κ2) is 13.2. The number of nitrogens with one attached hydrogen (secondary N) is 3. The number of rotatable bonds is 7. The van der Waals surface area contributed by atoms with Crippen molar-refractivity contribution in [2.45, 2.75) is 46.7 Å². The molecule has 35 heavy (non-hydrogen) atoms. The van der Waals surface area contributed by atoms with Crippen molar-refractivity contribution >= 4 is 17.7 Å². The van der Waals surface area contributed by atoms with Crippen LogP contribution in [0.5, 0.6) is 0 Å². The summed E-state index contributed by atoms with van der Waals surface area (Å²) in [5, 5.41) is 22.0. The van der Waals surface area contributed by atoms with Gasteiger partial charge >= 0.3 is 0 Å². The number of hydrogen-bond acceptors (Lipinski definition) is 6. The van der Waals surface area contributed by atoms with Crippen molar-refractivity contribution in [2.75, 3.05) is 18.4 Å². The molecule has 0 spiro atoms. The molecule has 3 aromatic rings. The third-order valence-electron chi connectivity index (χ3n) is 5.79. The van der Waals surface area contributed by atoms with Gasteiger partial charge in [-0.25, -0.2) is 0 Å². The smallest absolute Gasteiger partial charge is 0.269 e. The maximum atomic E-state index is 12.6. The molecule has 0 bridgehead atoms. The van der Waals surface area contributed by atoms with E-state index in [1.165, 1.54) is 23.8 Å². The van der Waals surface area contributed by atoms with Crippen LogP contribution in [0.4, 0.5) is 11.5 Å². The molecule has 186 valence electrons. The van der Waals surface area contributed by atoms with E-state index in [1.54, 1.807) is 12.1 Å². The molecule has 0 atom stereocenters. The maximum Gasteiger partial charge on any atom is 0.269 e. The lowest BCUT2D eigenvalue weighted by atomic mass is 10.0. The van der Waals surface area contributed by atoms with Crippen molar-refractivity contribution < 1.29 is 4.92 Å². The normalized spacial score (nSPS) is 13.7. The van der Waals surface area contributed by atoms with E-state index in [1.807, 2.05) is 19.9 Å². The summed E-state index contributed by atoms with van der Waals surface area (Å²) in [6, 6.07) is 18.0. The van der Waals surface area contributed by atoms with E-state index in [0.717, 1.165) is 38.7 Å². The summed E-state index contributed by atoms with van der Waals surface area (Å²) in [4.78, 5) is 28.7. The second-order valence-electron chi connectivity index (χ2n) is 7.96. The number of likely N-dealkylation sites (tertiary alicyclic amines) is 1. The standard InChI is InChI=1S/C24H25N5O3.C2H6.CH4/c25-15-21-23(30)14-22(18-6-8-20(9-7-18)29(31)32)27-24(21)26-19-10-12-28(13-11-19)16-17-4-2-1-3-5-17;1-2;/h1-9,14-15,19,25H,10-13,16H2,(H2,26,27,30);1-2H3;1H4. The van der Waals surface area contributed by atoms with Crippen LogP contribution in [0.15, 0.2) is 65.5 Å². The number of nitro groups is 1. The van der Waals surface area contributed by atoms with E-state index in [9.17, 15) is 14.9 Å². The van der Waals surface area contributed by atoms with Gasteiger partial charge in [-0.05, 0) is 36.1 Å². The summed E-state index contributed by atoms with van der Waals surface area (Å²) in [5.41, 5.74) is 2.53. The zero-order valence-corrected chi connectivity index (χ0v) is 19.6. The van der Waals surface area contributed by atoms with Gasteiger partial charge < -0.3 is 15.7 Å². The van der Waals surface area contributed by atoms with Crippen LogP contribution in [0.3, 0.4) is 0 Å². The summed E-state index contributed by atoms with van der Waals surface area (Å²) < 4.78 is 0. The fourth-order valence-electron chi connectivity index (χ4n) is 4.03. The predicted molar refractivity (Wildman–Crippen MR) is 143 cm³/mol. The third kappa shape index (κ3) is 7.10. The summed E-state index contributed by atoms with van der Waals surface area (Å²) in [7, 11) is 0. The minimum Gasteiger partial charge on any atom is -0.368 e. The van der Waals surface area contributed by atoms with Crippen molar-refractivity contribution in [2.24, 2.45) is 0 Å². The van der Waals surface area contributed by atoms with E-state index in [4.69, 9.17) is 5.41 Å². The quantitative estimate of drug-likeness (QED) is 0.230. The molecule has 3 N–H and O–H groups in total. The first-order chi connectivity index (χ1) is 16.5. The van der Waals surface area contributed by atoms with Crippen molar-refractivity contribution in [1.29, 1.82) is 5.41 Å². The third-order valence-corrected chi connectivity index (χ3v) is 5.79. The SMILES string of the molecule is C.CC.N=Cc1c(NC2CCN(Cc3ccccc3)CC2)[nH]c(-c2ccc([N+](=O)[O-])cc2)cc1=O. The number of anilines is 1. The Balaban J connectivity index is 0.00000140. The number of nitro benzene ring substituents is 1. The molecule has 0 saturated carbocycles. The van der Waals surface area contributed by atoms with Gasteiger partial charge in [0, 0.05) is 50.1 Å². The molecular formula is C27H35N5O3. The van der Waals surface area contributed by atoms with Gasteiger partial charge in [0.05, 0.1) is 16.2 Å². The van der Waals surface area contributed by atoms with Crippen LogP contribution in [0.1, 0.15) is 45.2 Å². The fourth-order valence-corrected chi connectivity index (χ4v) is 4.03. The van der Waals surface area contributed by atoms with E-state index < -0.39 is 4.92 Å². The molecule has 1 aromatic heterocycles. The molecule has 1 saturated heterocycles. The van der Waals surface area contributed by atoms with Crippen LogP contribution in [0, 0.1) is 15.5 Å². The van der Waals surface area contributed by atoms with Crippen LogP contribution in [0.2, 0.25) is 0 Å². The highest BCUT2D eigenvalue weighted by molar-refractivity contribution is 5.85. The van der Waals surface area contributed by atoms with Crippen LogP contribution >= 0.6 is 0 Å². The Hall–Kier alpha value is -3.78. The minimum atomic E-state index is -0.457. The Morgan fingerprint density at radius 2 is 1.74 bits per heavy atom. The first kappa shape index (κ1) is 27.5. The molecule has 0 unspecified atom stereocenters. The lowest BCUT2D eigenvalue weighted by molar-refractivity contribution is -0.384. The van der Waals surface area contributed by atoms with Crippen LogP contribution < -0.4 is 10.7 Å². The Kier molecular flexibility index (Phi) is 10.4. The second-order valence-corrected chi connectivity index (χ2v) is 7.96. The number of H-pyrrole nitrogens is 1. The number of piperidine rings is 1. The van der Waals surface area contributed by atoms with E-state index in [2.05, 4.69) is 39.5 Å². The molecule has 2 heterocycles. The first-order valence-corrected chi connectivity index (χ1v) is 11.6. The summed E-state index contributed by atoms with van der Waals surface area (Å²) in [5.74, 6) is 0.516. The van der Waals surface area contributed by atoms with Gasteiger partial charge in [-0.2, -0.15) is 0 Å². The molecule has 4 rings (SSSR count). The van der Waals surface area contributed by atoms with Crippen molar-refractivity contribution in [3.05, 3.63) is 92.1 Å². The van der Waals surface area contributed by atoms with E-state index in [0.29, 0.717) is 17.1 Å². The number of nitrogens with zero attached hydrogens (tertiary/aromatic N) is 2. The van der Waals surface area contributed by atoms with Gasteiger partial charge in [-0.3, -0.25) is 19.8 Å². The lowest BCUT2D eigenvalue weighted by Gasteiger charge is -2.33. The monoisotopic (exact) mass is 477 g/mol. The average molecular weight is 478 g/mol. The van der Waals surface area contributed by atoms with Crippen molar-refractivity contribution in [3.63, 3.8) is 0 Å². The number of aromatic amines is 1. The van der Waals surface area contributed by atoms with Gasteiger partial charge in [0.2, 0.25) is 0 Å². The van der Waals surface area contributed by atoms with Crippen molar-refractivity contribution in [1.82, 2.24) is 9.88 Å². The van der Waals surface area contributed by atoms with Gasteiger partial charge in [-0.1, -0.05) is 51.6 Å². The molecule has 0 amide bonds. The molecular weight excluding hydrogens is 442 g/mol. The largest absolute Gasteiger partial charge is 0.368 e. The highest BCUT2D eigenvalue weighted by Crippen LogP contribution is 2.23. The van der Waals surface area contributed by atoms with Crippen molar-refractivity contribution in [3.8, 4) is 11.3 Å². The minimum absolute atomic E-state index is 0. The molecule has 0 aliphatic carbocycles. The zero-order valence-electron chi connectivity index (χ0n) is 19.6. The Morgan fingerprint density at radius 1 is 1.11 bits per heavy atom. The molecule has 1 aliphatic heterocycles. The van der Waals surface area contributed by atoms with Gasteiger partial charge in [0.1, 0.15) is 5.82 Å². The summed E-state index contributed by atoms with van der Waals surface area (Å²) in [6.45, 7) is 6.81. The number of benzene rings is 2. The van der Waals surface area contributed by atoms with Gasteiger partial charge in [0.25, 0.3) is 5.69 Å². The topological polar surface area (TPSA) is 115 Å². The number of aromatic nitrogens is 1. The van der Waals surface area contributed by atoms with Gasteiger partial charge in [-0.15, -0.1) is 0 Å². The molecule has 1 fully saturated rings. The summed E-state index contributed by atoms with van der Waals surface area (Å²) >= 11 is 0. The number of hydrogen-bond donors (Lipinski definition) is 3. The number of pyridine rings is 1. The maximum absolute atomic E-state index is 12.6. The molecule has 0 radical (unpaired) electrons. The molecule has 1 aliphatic rings. The van der Waals surface area contributed by atoms with Crippen LogP contribution in [-0.2, 0) is 6.54 Å². The van der Waals surface area contributed by atoms with E-state index >= 15 is 0 Å². The summed E-state index contributed by atoms with van der Waals surface area (Å²) in [6.07, 6.45) is 2.91. The highest BCUT2D eigenvalue weighted by Gasteiger charge is 2.21. The van der Waals surface area contributed by atoms with Crippen LogP contribution in [0.25, 0.3) is 11.3 Å². The molecule has 2 aromatic carbocycles. The molecule has 8 heteroatoms. The Bertz CT molecular complexity index is 1150. The Labute approximate surface area is 206 Å². The van der Waals surface area contributed by atoms with Crippen LogP contribution in [-0.4, -0.2) is 40.2 Å². The first-order valence-electron chi connectivity index (χ1n) is 11.6. The lowest BCUT2D eigenvalue weighted by Crippen LogP contribution is -2.39. The Morgan fingerprint density at radius 3 is 2.31 bits per heavy atom.